The van der Waals surface area contributed by atoms with Gasteiger partial charge in [-0.05, 0) is 24.6 Å². The molecule has 0 saturated carbocycles. The number of nitrogens with one attached hydrogen (secondary N) is 2. The van der Waals surface area contributed by atoms with Gasteiger partial charge in [-0.25, -0.2) is 0 Å². The lowest BCUT2D eigenvalue weighted by Gasteiger charge is -2.22. The number of benzene rings is 1. The fraction of sp³-hybridized carbons (Fsp3) is 0.562. The SMILES string of the molecule is CCOCCOCc1cccc(NC(=O)C2CNCCO2)c1. The minimum atomic E-state index is -0.431. The van der Waals surface area contributed by atoms with Crippen molar-refractivity contribution in [1.29, 1.82) is 0 Å². The van der Waals surface area contributed by atoms with Gasteiger partial charge in [0.1, 0.15) is 6.10 Å². The molecule has 1 fully saturated rings. The van der Waals surface area contributed by atoms with Crippen molar-refractivity contribution in [2.24, 2.45) is 0 Å². The summed E-state index contributed by atoms with van der Waals surface area (Å²) in [7, 11) is 0. The molecule has 0 bridgehead atoms. The Bertz CT molecular complexity index is 461. The van der Waals surface area contributed by atoms with Crippen molar-refractivity contribution in [2.75, 3.05) is 44.8 Å². The summed E-state index contributed by atoms with van der Waals surface area (Å²) in [6.45, 7) is 6.21. The summed E-state index contributed by atoms with van der Waals surface area (Å²) >= 11 is 0. The van der Waals surface area contributed by atoms with Crippen molar-refractivity contribution < 1.29 is 19.0 Å². The van der Waals surface area contributed by atoms with Gasteiger partial charge in [-0.3, -0.25) is 4.79 Å². The van der Waals surface area contributed by atoms with E-state index in [1.165, 1.54) is 0 Å². The highest BCUT2D eigenvalue weighted by molar-refractivity contribution is 5.94. The fourth-order valence-corrected chi connectivity index (χ4v) is 2.15. The molecule has 2 N–H and O–H groups in total. The molecule has 22 heavy (non-hydrogen) atoms. The average molecular weight is 308 g/mol. The quantitative estimate of drug-likeness (QED) is 0.706. The van der Waals surface area contributed by atoms with Crippen LogP contribution in [0.3, 0.4) is 0 Å². The second kappa shape index (κ2) is 9.53. The van der Waals surface area contributed by atoms with Crippen molar-refractivity contribution in [3.8, 4) is 0 Å². The molecule has 6 nitrogen and oxygen atoms in total. The minimum absolute atomic E-state index is 0.124. The molecule has 1 atom stereocenters. The molecule has 6 heteroatoms. The lowest BCUT2D eigenvalue weighted by molar-refractivity contribution is -0.128. The van der Waals surface area contributed by atoms with E-state index in [4.69, 9.17) is 14.2 Å². The Labute approximate surface area is 131 Å². The Morgan fingerprint density at radius 2 is 2.27 bits per heavy atom. The fourth-order valence-electron chi connectivity index (χ4n) is 2.15. The molecule has 1 aliphatic heterocycles. The van der Waals surface area contributed by atoms with Crippen molar-refractivity contribution in [3.63, 3.8) is 0 Å². The molecule has 122 valence electrons. The molecule has 0 spiro atoms. The van der Waals surface area contributed by atoms with Gasteiger partial charge in [-0.2, -0.15) is 0 Å². The van der Waals surface area contributed by atoms with Crippen LogP contribution in [0.5, 0.6) is 0 Å². The van der Waals surface area contributed by atoms with Crippen LogP contribution in [0.15, 0.2) is 24.3 Å². The smallest absolute Gasteiger partial charge is 0.254 e. The highest BCUT2D eigenvalue weighted by atomic mass is 16.5. The summed E-state index contributed by atoms with van der Waals surface area (Å²) < 4.78 is 16.2. The van der Waals surface area contributed by atoms with Crippen LogP contribution in [0.1, 0.15) is 12.5 Å². The summed E-state index contributed by atoms with van der Waals surface area (Å²) in [6.07, 6.45) is -0.431. The van der Waals surface area contributed by atoms with E-state index >= 15 is 0 Å². The summed E-state index contributed by atoms with van der Waals surface area (Å²) in [5, 5.41) is 6.02. The number of ether oxygens (including phenoxy) is 3. The summed E-state index contributed by atoms with van der Waals surface area (Å²) in [5.41, 5.74) is 1.77. The van der Waals surface area contributed by atoms with E-state index in [0.29, 0.717) is 39.6 Å². The third-order valence-corrected chi connectivity index (χ3v) is 3.26. The van der Waals surface area contributed by atoms with Gasteiger partial charge in [0.15, 0.2) is 0 Å². The lowest BCUT2D eigenvalue weighted by Crippen LogP contribution is -2.45. The first-order valence-corrected chi connectivity index (χ1v) is 7.67. The molecule has 1 saturated heterocycles. The van der Waals surface area contributed by atoms with Gasteiger partial charge in [0.25, 0.3) is 5.91 Å². The van der Waals surface area contributed by atoms with Crippen LogP contribution in [0, 0.1) is 0 Å². The molecule has 0 radical (unpaired) electrons. The van der Waals surface area contributed by atoms with Crippen LogP contribution in [-0.4, -0.2) is 51.5 Å². The molecular formula is C16H24N2O4. The first-order chi connectivity index (χ1) is 10.8. The predicted octanol–water partition coefficient (Wildman–Crippen LogP) is 1.17. The first-order valence-electron chi connectivity index (χ1n) is 7.67. The number of rotatable bonds is 8. The van der Waals surface area contributed by atoms with Crippen LogP contribution in [-0.2, 0) is 25.6 Å². The Kier molecular flexibility index (Phi) is 7.32. The maximum absolute atomic E-state index is 12.1. The van der Waals surface area contributed by atoms with Crippen molar-refractivity contribution >= 4 is 11.6 Å². The Morgan fingerprint density at radius 1 is 1.41 bits per heavy atom. The summed E-state index contributed by atoms with van der Waals surface area (Å²) in [4.78, 5) is 12.1. The van der Waals surface area contributed by atoms with Gasteiger partial charge in [0, 0.05) is 25.4 Å². The summed E-state index contributed by atoms with van der Waals surface area (Å²) in [6, 6.07) is 7.64. The number of hydrogen-bond acceptors (Lipinski definition) is 5. The molecule has 1 aromatic rings. The van der Waals surface area contributed by atoms with E-state index in [2.05, 4.69) is 10.6 Å². The zero-order chi connectivity index (χ0) is 15.6. The van der Waals surface area contributed by atoms with Gasteiger partial charge in [0.05, 0.1) is 26.4 Å². The third kappa shape index (κ3) is 5.73. The van der Waals surface area contributed by atoms with E-state index < -0.39 is 6.10 Å². The van der Waals surface area contributed by atoms with Crippen LogP contribution in [0.4, 0.5) is 5.69 Å². The van der Waals surface area contributed by atoms with Crippen LogP contribution < -0.4 is 10.6 Å². The number of carbonyl (C=O) groups excluding carboxylic acids is 1. The van der Waals surface area contributed by atoms with Gasteiger partial charge in [0.2, 0.25) is 0 Å². The Balaban J connectivity index is 1.78. The molecule has 1 unspecified atom stereocenters. The highest BCUT2D eigenvalue weighted by Gasteiger charge is 2.21. The van der Waals surface area contributed by atoms with Gasteiger partial charge >= 0.3 is 0 Å². The van der Waals surface area contributed by atoms with Crippen LogP contribution >= 0.6 is 0 Å². The zero-order valence-corrected chi connectivity index (χ0v) is 13.0. The number of carbonyl (C=O) groups is 1. The van der Waals surface area contributed by atoms with Crippen molar-refractivity contribution in [1.82, 2.24) is 5.32 Å². The monoisotopic (exact) mass is 308 g/mol. The van der Waals surface area contributed by atoms with E-state index in [1.54, 1.807) is 0 Å². The molecule has 2 rings (SSSR count). The minimum Gasteiger partial charge on any atom is -0.379 e. The topological polar surface area (TPSA) is 68.8 Å². The number of hydrogen-bond donors (Lipinski definition) is 2. The number of amides is 1. The van der Waals surface area contributed by atoms with E-state index in [0.717, 1.165) is 17.8 Å². The first kappa shape index (κ1) is 16.9. The molecule has 1 heterocycles. The number of anilines is 1. The van der Waals surface area contributed by atoms with Gasteiger partial charge in [-0.15, -0.1) is 0 Å². The predicted molar refractivity (Wildman–Crippen MR) is 83.8 cm³/mol. The van der Waals surface area contributed by atoms with Gasteiger partial charge < -0.3 is 24.8 Å². The maximum atomic E-state index is 12.1. The molecule has 0 aliphatic carbocycles. The molecular weight excluding hydrogens is 284 g/mol. The maximum Gasteiger partial charge on any atom is 0.254 e. The second-order valence-corrected chi connectivity index (χ2v) is 5.00. The van der Waals surface area contributed by atoms with E-state index in [-0.39, 0.29) is 5.91 Å². The standard InChI is InChI=1S/C16H24N2O4/c1-2-20-8-9-21-12-13-4-3-5-14(10-13)18-16(19)15-11-17-6-7-22-15/h3-5,10,15,17H,2,6-9,11-12H2,1H3,(H,18,19). The van der Waals surface area contributed by atoms with E-state index in [1.807, 2.05) is 31.2 Å². The van der Waals surface area contributed by atoms with Gasteiger partial charge in [-0.1, -0.05) is 12.1 Å². The normalized spacial score (nSPS) is 18.1. The third-order valence-electron chi connectivity index (χ3n) is 3.26. The number of morpholine rings is 1. The average Bonchev–Trinajstić information content (AvgIpc) is 2.56. The Hall–Kier alpha value is -1.47. The zero-order valence-electron chi connectivity index (χ0n) is 13.0. The van der Waals surface area contributed by atoms with Crippen molar-refractivity contribution in [2.45, 2.75) is 19.6 Å². The molecule has 1 aromatic carbocycles. The van der Waals surface area contributed by atoms with Crippen molar-refractivity contribution in [3.05, 3.63) is 29.8 Å². The molecule has 0 aromatic heterocycles. The largest absolute Gasteiger partial charge is 0.379 e. The van der Waals surface area contributed by atoms with Crippen LogP contribution in [0.2, 0.25) is 0 Å². The van der Waals surface area contributed by atoms with Crippen LogP contribution in [0.25, 0.3) is 0 Å². The highest BCUT2D eigenvalue weighted by Crippen LogP contribution is 2.12. The van der Waals surface area contributed by atoms with E-state index in [9.17, 15) is 4.79 Å². The summed E-state index contributed by atoms with van der Waals surface area (Å²) in [5.74, 6) is -0.124. The molecule has 1 aliphatic rings. The Morgan fingerprint density at radius 3 is 3.05 bits per heavy atom. The molecule has 1 amide bonds. The second-order valence-electron chi connectivity index (χ2n) is 5.00. The lowest BCUT2D eigenvalue weighted by atomic mass is 10.2.